The fraction of sp³-hybridized carbons (Fsp3) is 0.538. The topological polar surface area (TPSA) is 49.7 Å². The molecule has 2 aromatic rings. The molecule has 0 aromatic carbocycles. The minimum atomic E-state index is 0.601. The third kappa shape index (κ3) is 2.18. The molecule has 5 heteroatoms. The number of nitrogens with zero attached hydrogens (tertiary/aromatic N) is 4. The van der Waals surface area contributed by atoms with Crippen molar-refractivity contribution in [1.29, 1.82) is 0 Å². The first kappa shape index (κ1) is 11.5. The van der Waals surface area contributed by atoms with E-state index in [1.807, 2.05) is 17.9 Å². The predicted molar refractivity (Wildman–Crippen MR) is 69.2 cm³/mol. The van der Waals surface area contributed by atoms with E-state index >= 15 is 0 Å². The summed E-state index contributed by atoms with van der Waals surface area (Å²) < 4.78 is 1.90. The minimum absolute atomic E-state index is 0.601. The molecule has 0 aliphatic carbocycles. The second-order valence-electron chi connectivity index (χ2n) is 5.15. The van der Waals surface area contributed by atoms with Gasteiger partial charge in [0.2, 0.25) is 0 Å². The molecule has 1 fully saturated rings. The Labute approximate surface area is 107 Å². The van der Waals surface area contributed by atoms with Crippen LogP contribution >= 0.6 is 0 Å². The zero-order chi connectivity index (χ0) is 12.5. The first-order valence-corrected chi connectivity index (χ1v) is 6.43. The average Bonchev–Trinajstić information content (AvgIpc) is 3.02. The van der Waals surface area contributed by atoms with Crippen LogP contribution in [-0.2, 0) is 13.6 Å². The summed E-state index contributed by atoms with van der Waals surface area (Å²) in [4.78, 5) is 2.50. The highest BCUT2D eigenvalue weighted by atomic mass is 15.3. The molecular formula is C13H19N5. The molecule has 18 heavy (non-hydrogen) atoms. The molecule has 1 saturated heterocycles. The number of H-pyrrole nitrogens is 1. The van der Waals surface area contributed by atoms with Gasteiger partial charge in [-0.2, -0.15) is 10.2 Å². The maximum Gasteiger partial charge on any atom is 0.0638 e. The molecule has 0 bridgehead atoms. The molecule has 1 N–H and O–H groups in total. The Bertz CT molecular complexity index is 513. The average molecular weight is 245 g/mol. The fourth-order valence-electron chi connectivity index (χ4n) is 2.77. The van der Waals surface area contributed by atoms with Crippen molar-refractivity contribution < 1.29 is 0 Å². The number of hydrogen-bond donors (Lipinski definition) is 1. The Morgan fingerprint density at radius 3 is 3.06 bits per heavy atom. The van der Waals surface area contributed by atoms with Gasteiger partial charge in [0.1, 0.15) is 0 Å². The van der Waals surface area contributed by atoms with E-state index in [-0.39, 0.29) is 0 Å². The summed E-state index contributed by atoms with van der Waals surface area (Å²) in [5.41, 5.74) is 3.74. The van der Waals surface area contributed by atoms with Crippen molar-refractivity contribution in [3.8, 4) is 0 Å². The van der Waals surface area contributed by atoms with Gasteiger partial charge < -0.3 is 0 Å². The van der Waals surface area contributed by atoms with Gasteiger partial charge in [0, 0.05) is 49.7 Å². The van der Waals surface area contributed by atoms with E-state index in [0.29, 0.717) is 5.92 Å². The molecule has 1 atom stereocenters. The van der Waals surface area contributed by atoms with Crippen molar-refractivity contribution in [3.63, 3.8) is 0 Å². The Hall–Kier alpha value is -1.62. The van der Waals surface area contributed by atoms with Crippen LogP contribution < -0.4 is 0 Å². The SMILES string of the molecule is Cc1nn(C)cc1CN1CC[C@H](c2ccn[nH]2)C1. The number of hydrogen-bond acceptors (Lipinski definition) is 3. The van der Waals surface area contributed by atoms with E-state index in [4.69, 9.17) is 0 Å². The number of aryl methyl sites for hydroxylation is 2. The third-order valence-corrected chi connectivity index (χ3v) is 3.74. The standard InChI is InChI=1S/C13H19N5/c1-10-12(7-17(2)16-10)9-18-6-4-11(8-18)13-3-5-14-15-13/h3,5,7,11H,4,6,8-9H2,1-2H3,(H,14,15)/t11-/m0/s1. The third-order valence-electron chi connectivity index (χ3n) is 3.74. The molecule has 3 heterocycles. The van der Waals surface area contributed by atoms with Gasteiger partial charge in [-0.05, 0) is 26.0 Å². The van der Waals surface area contributed by atoms with Crippen LogP contribution in [0.15, 0.2) is 18.5 Å². The summed E-state index contributed by atoms with van der Waals surface area (Å²) in [6.45, 7) is 5.34. The normalized spacial score (nSPS) is 20.7. The van der Waals surface area contributed by atoms with Gasteiger partial charge in [0.05, 0.1) is 5.69 Å². The number of aromatic nitrogens is 4. The van der Waals surface area contributed by atoms with Crippen molar-refractivity contribution in [2.45, 2.75) is 25.8 Å². The molecule has 0 spiro atoms. The minimum Gasteiger partial charge on any atom is -0.298 e. The van der Waals surface area contributed by atoms with E-state index in [9.17, 15) is 0 Å². The van der Waals surface area contributed by atoms with Crippen LogP contribution in [0.1, 0.15) is 29.3 Å². The molecule has 0 radical (unpaired) electrons. The van der Waals surface area contributed by atoms with E-state index < -0.39 is 0 Å². The fourth-order valence-corrected chi connectivity index (χ4v) is 2.77. The van der Waals surface area contributed by atoms with Gasteiger partial charge in [-0.25, -0.2) is 0 Å². The summed E-state index contributed by atoms with van der Waals surface area (Å²) in [5.74, 6) is 0.601. The number of rotatable bonds is 3. The highest BCUT2D eigenvalue weighted by Crippen LogP contribution is 2.26. The Morgan fingerprint density at radius 2 is 2.39 bits per heavy atom. The molecule has 1 aliphatic heterocycles. The van der Waals surface area contributed by atoms with Gasteiger partial charge >= 0.3 is 0 Å². The summed E-state index contributed by atoms with van der Waals surface area (Å²) in [6, 6.07) is 2.09. The maximum absolute atomic E-state index is 4.40. The molecule has 5 nitrogen and oxygen atoms in total. The lowest BCUT2D eigenvalue weighted by atomic mass is 10.1. The van der Waals surface area contributed by atoms with Gasteiger partial charge in [-0.1, -0.05) is 0 Å². The van der Waals surface area contributed by atoms with Crippen LogP contribution in [0.5, 0.6) is 0 Å². The molecule has 96 valence electrons. The highest BCUT2D eigenvalue weighted by molar-refractivity contribution is 5.16. The van der Waals surface area contributed by atoms with E-state index in [1.54, 1.807) is 0 Å². The van der Waals surface area contributed by atoms with Crippen molar-refractivity contribution in [2.75, 3.05) is 13.1 Å². The molecule has 0 amide bonds. The Morgan fingerprint density at radius 1 is 1.50 bits per heavy atom. The van der Waals surface area contributed by atoms with Gasteiger partial charge in [0.25, 0.3) is 0 Å². The van der Waals surface area contributed by atoms with Crippen LogP contribution in [0, 0.1) is 6.92 Å². The number of likely N-dealkylation sites (tertiary alicyclic amines) is 1. The maximum atomic E-state index is 4.40. The highest BCUT2D eigenvalue weighted by Gasteiger charge is 2.25. The van der Waals surface area contributed by atoms with Crippen LogP contribution in [0.4, 0.5) is 0 Å². The monoisotopic (exact) mass is 245 g/mol. The summed E-state index contributed by atoms with van der Waals surface area (Å²) in [6.07, 6.45) is 5.17. The molecule has 0 unspecified atom stereocenters. The van der Waals surface area contributed by atoms with Gasteiger partial charge in [-0.15, -0.1) is 0 Å². The molecule has 3 rings (SSSR count). The van der Waals surface area contributed by atoms with Crippen molar-refractivity contribution >= 4 is 0 Å². The summed E-state index contributed by atoms with van der Waals surface area (Å²) in [7, 11) is 1.98. The number of aromatic amines is 1. The lowest BCUT2D eigenvalue weighted by Gasteiger charge is -2.14. The predicted octanol–water partition coefficient (Wildman–Crippen LogP) is 1.44. The van der Waals surface area contributed by atoms with Crippen molar-refractivity contribution in [3.05, 3.63) is 35.4 Å². The first-order valence-electron chi connectivity index (χ1n) is 6.43. The van der Waals surface area contributed by atoms with Crippen molar-refractivity contribution in [2.24, 2.45) is 7.05 Å². The van der Waals surface area contributed by atoms with Crippen LogP contribution in [-0.4, -0.2) is 38.0 Å². The Balaban J connectivity index is 1.64. The second-order valence-corrected chi connectivity index (χ2v) is 5.15. The summed E-state index contributed by atoms with van der Waals surface area (Å²) in [5, 5.41) is 11.5. The molecular weight excluding hydrogens is 226 g/mol. The quantitative estimate of drug-likeness (QED) is 0.890. The molecule has 1 aliphatic rings. The van der Waals surface area contributed by atoms with Gasteiger partial charge in [-0.3, -0.25) is 14.7 Å². The van der Waals surface area contributed by atoms with Crippen LogP contribution in [0.2, 0.25) is 0 Å². The lowest BCUT2D eigenvalue weighted by Crippen LogP contribution is -2.20. The van der Waals surface area contributed by atoms with E-state index in [2.05, 4.69) is 39.4 Å². The molecule has 0 saturated carbocycles. The van der Waals surface area contributed by atoms with E-state index in [1.165, 1.54) is 17.7 Å². The van der Waals surface area contributed by atoms with Crippen LogP contribution in [0.3, 0.4) is 0 Å². The summed E-state index contributed by atoms with van der Waals surface area (Å²) >= 11 is 0. The first-order chi connectivity index (χ1) is 8.72. The van der Waals surface area contributed by atoms with Crippen molar-refractivity contribution in [1.82, 2.24) is 24.9 Å². The lowest BCUT2D eigenvalue weighted by molar-refractivity contribution is 0.325. The van der Waals surface area contributed by atoms with Crippen LogP contribution in [0.25, 0.3) is 0 Å². The number of nitrogens with one attached hydrogen (secondary N) is 1. The largest absolute Gasteiger partial charge is 0.298 e. The van der Waals surface area contributed by atoms with E-state index in [0.717, 1.165) is 25.3 Å². The zero-order valence-electron chi connectivity index (χ0n) is 10.9. The molecule has 2 aromatic heterocycles. The zero-order valence-corrected chi connectivity index (χ0v) is 10.9. The van der Waals surface area contributed by atoms with Gasteiger partial charge in [0.15, 0.2) is 0 Å². The smallest absolute Gasteiger partial charge is 0.0638 e. The Kier molecular flexibility index (Phi) is 2.91. The second kappa shape index (κ2) is 4.57.